The van der Waals surface area contributed by atoms with Gasteiger partial charge in [-0.15, -0.1) is 0 Å². The second kappa shape index (κ2) is 7.19. The zero-order valence-electron chi connectivity index (χ0n) is 14.5. The number of primary amides is 1. The van der Waals surface area contributed by atoms with E-state index >= 15 is 0 Å². The Morgan fingerprint density at radius 1 is 1.16 bits per heavy atom. The first-order chi connectivity index (χ1) is 12.0. The van der Waals surface area contributed by atoms with Gasteiger partial charge in [0.05, 0.1) is 23.4 Å². The second-order valence-corrected chi connectivity index (χ2v) is 7.21. The normalized spacial score (nSPS) is 12.5. The third-order valence-electron chi connectivity index (χ3n) is 3.98. The van der Waals surface area contributed by atoms with Crippen molar-refractivity contribution in [3.05, 3.63) is 48.5 Å². The lowest BCUT2D eigenvalue weighted by Gasteiger charge is -2.17. The molecule has 5 nitrogen and oxygen atoms in total. The number of amides is 1. The molecule has 0 aliphatic carbocycles. The number of methoxy groups -OCH3 is 1. The van der Waals surface area contributed by atoms with Crippen molar-refractivity contribution < 1.29 is 9.53 Å². The Balaban J connectivity index is 2.12. The molecule has 1 amide bonds. The van der Waals surface area contributed by atoms with E-state index in [0.717, 1.165) is 27.6 Å². The molecular weight excluding hydrogens is 334 g/mol. The number of nitrogens with two attached hydrogens (primary N) is 1. The van der Waals surface area contributed by atoms with Crippen LogP contribution < -0.4 is 10.5 Å². The summed E-state index contributed by atoms with van der Waals surface area (Å²) in [7, 11) is 1.64. The van der Waals surface area contributed by atoms with Gasteiger partial charge in [-0.25, -0.2) is 4.98 Å². The number of hydrogen-bond acceptors (Lipinski definition) is 4. The first-order valence-electron chi connectivity index (χ1n) is 8.09. The van der Waals surface area contributed by atoms with Gasteiger partial charge in [-0.2, -0.15) is 0 Å². The fourth-order valence-electron chi connectivity index (χ4n) is 2.70. The number of hydrogen-bond donors (Lipinski definition) is 1. The van der Waals surface area contributed by atoms with Gasteiger partial charge in [-0.3, -0.25) is 9.36 Å². The molecule has 1 heterocycles. The zero-order valence-corrected chi connectivity index (χ0v) is 15.3. The first kappa shape index (κ1) is 17.4. The Morgan fingerprint density at radius 2 is 1.84 bits per heavy atom. The van der Waals surface area contributed by atoms with Gasteiger partial charge in [-0.05, 0) is 42.3 Å². The number of carbonyl (C=O) groups excluding carboxylic acids is 1. The van der Waals surface area contributed by atoms with Gasteiger partial charge in [0.1, 0.15) is 5.75 Å². The van der Waals surface area contributed by atoms with E-state index < -0.39 is 0 Å². The molecule has 0 radical (unpaired) electrons. The van der Waals surface area contributed by atoms with Crippen molar-refractivity contribution in [3.8, 4) is 11.4 Å². The van der Waals surface area contributed by atoms with Crippen molar-refractivity contribution in [1.29, 1.82) is 0 Å². The molecule has 0 bridgehead atoms. The molecule has 3 aromatic rings. The van der Waals surface area contributed by atoms with Crippen LogP contribution in [0.25, 0.3) is 16.7 Å². The number of para-hydroxylation sites is 2. The van der Waals surface area contributed by atoms with E-state index in [9.17, 15) is 4.79 Å². The Morgan fingerprint density at radius 3 is 2.44 bits per heavy atom. The lowest BCUT2D eigenvalue weighted by molar-refractivity contribution is -0.118. The van der Waals surface area contributed by atoms with Crippen LogP contribution in [0.5, 0.6) is 5.75 Å². The van der Waals surface area contributed by atoms with Gasteiger partial charge in [0.2, 0.25) is 5.91 Å². The minimum atomic E-state index is -0.339. The van der Waals surface area contributed by atoms with Crippen LogP contribution in [0.1, 0.15) is 13.8 Å². The number of aromatic nitrogens is 2. The number of nitrogens with zero attached hydrogens (tertiary/aromatic N) is 2. The number of fused-ring (bicyclic) bond motifs is 1. The predicted octanol–water partition coefficient (Wildman–Crippen LogP) is 3.64. The fourth-order valence-corrected chi connectivity index (χ4v) is 3.78. The first-order valence-corrected chi connectivity index (χ1v) is 8.97. The Kier molecular flexibility index (Phi) is 4.99. The number of benzene rings is 2. The van der Waals surface area contributed by atoms with Crippen LogP contribution in [0, 0.1) is 5.92 Å². The molecule has 2 N–H and O–H groups in total. The molecule has 130 valence electrons. The van der Waals surface area contributed by atoms with Crippen LogP contribution in [0.15, 0.2) is 53.7 Å². The fraction of sp³-hybridized carbons (Fsp3) is 0.263. The smallest absolute Gasteiger partial charge is 0.231 e. The lowest BCUT2D eigenvalue weighted by atomic mass is 10.1. The number of rotatable bonds is 6. The zero-order chi connectivity index (χ0) is 18.0. The predicted molar refractivity (Wildman–Crippen MR) is 101 cm³/mol. The van der Waals surface area contributed by atoms with Crippen molar-refractivity contribution in [1.82, 2.24) is 9.55 Å². The summed E-state index contributed by atoms with van der Waals surface area (Å²) in [6, 6.07) is 15.7. The highest BCUT2D eigenvalue weighted by Gasteiger charge is 2.24. The van der Waals surface area contributed by atoms with E-state index in [0.29, 0.717) is 0 Å². The van der Waals surface area contributed by atoms with Crippen molar-refractivity contribution in [2.24, 2.45) is 11.7 Å². The van der Waals surface area contributed by atoms with Crippen LogP contribution in [0.4, 0.5) is 0 Å². The van der Waals surface area contributed by atoms with E-state index in [4.69, 9.17) is 15.5 Å². The van der Waals surface area contributed by atoms with Gasteiger partial charge in [0.15, 0.2) is 5.16 Å². The van der Waals surface area contributed by atoms with Crippen molar-refractivity contribution in [3.63, 3.8) is 0 Å². The van der Waals surface area contributed by atoms with Crippen molar-refractivity contribution >= 4 is 28.7 Å². The summed E-state index contributed by atoms with van der Waals surface area (Å²) in [4.78, 5) is 16.6. The number of imidazole rings is 1. The summed E-state index contributed by atoms with van der Waals surface area (Å²) in [5.74, 6) is 0.583. The summed E-state index contributed by atoms with van der Waals surface area (Å²) >= 11 is 1.41. The molecule has 1 atom stereocenters. The lowest BCUT2D eigenvalue weighted by Crippen LogP contribution is -2.30. The highest BCUT2D eigenvalue weighted by molar-refractivity contribution is 8.00. The molecule has 0 aliphatic rings. The molecular formula is C19H21N3O2S. The van der Waals surface area contributed by atoms with Gasteiger partial charge < -0.3 is 10.5 Å². The Hall–Kier alpha value is -2.47. The van der Waals surface area contributed by atoms with E-state index in [1.807, 2.05) is 62.4 Å². The molecule has 25 heavy (non-hydrogen) atoms. The SMILES string of the molecule is COc1ccc(-n2c(S[C@@H](C(N)=O)C(C)C)nc3ccccc32)cc1. The molecule has 0 fully saturated rings. The third-order valence-corrected chi connectivity index (χ3v) is 5.49. The maximum Gasteiger partial charge on any atom is 0.231 e. The average molecular weight is 355 g/mol. The monoisotopic (exact) mass is 355 g/mol. The largest absolute Gasteiger partial charge is 0.497 e. The average Bonchev–Trinajstić information content (AvgIpc) is 2.97. The Bertz CT molecular complexity index is 887. The minimum Gasteiger partial charge on any atom is -0.497 e. The molecule has 0 unspecified atom stereocenters. The van der Waals surface area contributed by atoms with Gasteiger partial charge in [0, 0.05) is 5.69 Å². The molecule has 0 aliphatic heterocycles. The second-order valence-electron chi connectivity index (χ2n) is 6.10. The van der Waals surface area contributed by atoms with Crippen LogP contribution in [-0.4, -0.2) is 27.8 Å². The molecule has 0 spiro atoms. The van der Waals surface area contributed by atoms with E-state index in [2.05, 4.69) is 4.57 Å². The molecule has 0 saturated carbocycles. The van der Waals surface area contributed by atoms with Crippen molar-refractivity contribution in [2.75, 3.05) is 7.11 Å². The topological polar surface area (TPSA) is 70.1 Å². The molecule has 0 saturated heterocycles. The highest BCUT2D eigenvalue weighted by Crippen LogP contribution is 2.33. The number of thioether (sulfide) groups is 1. The van der Waals surface area contributed by atoms with Gasteiger partial charge >= 0.3 is 0 Å². The van der Waals surface area contributed by atoms with Gasteiger partial charge in [-0.1, -0.05) is 37.7 Å². The van der Waals surface area contributed by atoms with E-state index in [1.54, 1.807) is 7.11 Å². The summed E-state index contributed by atoms with van der Waals surface area (Å²) < 4.78 is 7.29. The van der Waals surface area contributed by atoms with Gasteiger partial charge in [0.25, 0.3) is 0 Å². The minimum absolute atomic E-state index is 0.117. The number of carbonyl (C=O) groups is 1. The Labute approximate surface area is 151 Å². The maximum atomic E-state index is 11.8. The standard InChI is InChI=1S/C19H21N3O2S/c1-12(2)17(18(20)23)25-19-21-15-6-4-5-7-16(15)22(19)13-8-10-14(24-3)11-9-13/h4-12,17H,1-3H3,(H2,20,23)/t17-/m1/s1. The maximum absolute atomic E-state index is 11.8. The quantitative estimate of drug-likeness (QED) is 0.686. The molecule has 6 heteroatoms. The van der Waals surface area contributed by atoms with Crippen LogP contribution >= 0.6 is 11.8 Å². The summed E-state index contributed by atoms with van der Waals surface area (Å²) in [5, 5.41) is 0.415. The summed E-state index contributed by atoms with van der Waals surface area (Å²) in [5.41, 5.74) is 8.43. The van der Waals surface area contributed by atoms with Crippen molar-refractivity contribution in [2.45, 2.75) is 24.3 Å². The molecule has 1 aromatic heterocycles. The third kappa shape index (κ3) is 3.49. The van der Waals surface area contributed by atoms with E-state index in [-0.39, 0.29) is 17.1 Å². The van der Waals surface area contributed by atoms with Crippen LogP contribution in [-0.2, 0) is 4.79 Å². The van der Waals surface area contributed by atoms with Crippen LogP contribution in [0.3, 0.4) is 0 Å². The van der Waals surface area contributed by atoms with E-state index in [1.165, 1.54) is 11.8 Å². The molecule has 3 rings (SSSR count). The molecule has 2 aromatic carbocycles. The van der Waals surface area contributed by atoms with Crippen LogP contribution in [0.2, 0.25) is 0 Å². The number of ether oxygens (including phenoxy) is 1. The highest BCUT2D eigenvalue weighted by atomic mass is 32.2. The summed E-state index contributed by atoms with van der Waals surface area (Å²) in [6.07, 6.45) is 0. The summed E-state index contributed by atoms with van der Waals surface area (Å²) in [6.45, 7) is 3.98.